The maximum atomic E-state index is 12.5. The summed E-state index contributed by atoms with van der Waals surface area (Å²) in [5.74, 6) is 0.551. The Morgan fingerprint density at radius 2 is 1.61 bits per heavy atom. The SMILES string of the molecule is CCN(CC)c1ccc(NC(=O)c2ccc(COc3ccc(C(=O)OC)cc3)o2)cc1. The van der Waals surface area contributed by atoms with Crippen LogP contribution in [0.2, 0.25) is 0 Å². The van der Waals surface area contributed by atoms with E-state index in [1.165, 1.54) is 7.11 Å². The van der Waals surface area contributed by atoms with Crippen LogP contribution in [0.1, 0.15) is 40.5 Å². The number of amides is 1. The quantitative estimate of drug-likeness (QED) is 0.502. The maximum absolute atomic E-state index is 12.5. The molecule has 7 heteroatoms. The van der Waals surface area contributed by atoms with E-state index in [9.17, 15) is 9.59 Å². The van der Waals surface area contributed by atoms with E-state index in [0.717, 1.165) is 18.8 Å². The molecule has 3 rings (SSSR count). The molecule has 0 aliphatic carbocycles. The highest BCUT2D eigenvalue weighted by Gasteiger charge is 2.13. The molecular weight excluding hydrogens is 396 g/mol. The molecule has 1 heterocycles. The van der Waals surface area contributed by atoms with Crippen LogP contribution < -0.4 is 15.0 Å². The first kappa shape index (κ1) is 22.0. The Labute approximate surface area is 181 Å². The van der Waals surface area contributed by atoms with Gasteiger partial charge in [-0.2, -0.15) is 0 Å². The number of nitrogens with zero attached hydrogens (tertiary/aromatic N) is 1. The Bertz CT molecular complexity index is 1010. The molecule has 0 aliphatic rings. The number of carbonyl (C=O) groups excluding carboxylic acids is 2. The van der Waals surface area contributed by atoms with Gasteiger partial charge in [0.25, 0.3) is 5.91 Å². The number of anilines is 2. The Morgan fingerprint density at radius 1 is 0.935 bits per heavy atom. The van der Waals surface area contributed by atoms with Gasteiger partial charge in [0.1, 0.15) is 18.1 Å². The van der Waals surface area contributed by atoms with Gasteiger partial charge in [0.2, 0.25) is 0 Å². The Hall–Kier alpha value is -3.74. The molecule has 0 radical (unpaired) electrons. The second kappa shape index (κ2) is 10.3. The molecule has 7 nitrogen and oxygen atoms in total. The predicted molar refractivity (Wildman–Crippen MR) is 119 cm³/mol. The number of rotatable bonds is 9. The van der Waals surface area contributed by atoms with Crippen molar-refractivity contribution in [2.45, 2.75) is 20.5 Å². The fraction of sp³-hybridized carbons (Fsp3) is 0.250. The van der Waals surface area contributed by atoms with E-state index in [1.54, 1.807) is 36.4 Å². The molecule has 1 N–H and O–H groups in total. The van der Waals surface area contributed by atoms with Crippen molar-refractivity contribution in [3.63, 3.8) is 0 Å². The predicted octanol–water partition coefficient (Wildman–Crippen LogP) is 4.74. The highest BCUT2D eigenvalue weighted by Crippen LogP contribution is 2.20. The van der Waals surface area contributed by atoms with Gasteiger partial charge in [0, 0.05) is 24.5 Å². The number of hydrogen-bond donors (Lipinski definition) is 1. The van der Waals surface area contributed by atoms with Crippen molar-refractivity contribution >= 4 is 23.3 Å². The fourth-order valence-electron chi connectivity index (χ4n) is 3.07. The molecule has 3 aromatic rings. The summed E-state index contributed by atoms with van der Waals surface area (Å²) in [6.45, 7) is 6.22. The lowest BCUT2D eigenvalue weighted by Gasteiger charge is -2.21. The number of hydrogen-bond acceptors (Lipinski definition) is 6. The molecule has 0 unspecified atom stereocenters. The van der Waals surface area contributed by atoms with Crippen LogP contribution >= 0.6 is 0 Å². The Kier molecular flexibility index (Phi) is 7.32. The van der Waals surface area contributed by atoms with Gasteiger partial charge in [-0.25, -0.2) is 4.79 Å². The van der Waals surface area contributed by atoms with E-state index in [2.05, 4.69) is 28.8 Å². The zero-order valence-electron chi connectivity index (χ0n) is 17.9. The third-order valence-electron chi connectivity index (χ3n) is 4.80. The van der Waals surface area contributed by atoms with Crippen molar-refractivity contribution in [2.75, 3.05) is 30.4 Å². The minimum absolute atomic E-state index is 0.156. The smallest absolute Gasteiger partial charge is 0.337 e. The molecule has 2 aromatic carbocycles. The van der Waals surface area contributed by atoms with Crippen LogP contribution in [0, 0.1) is 0 Å². The number of methoxy groups -OCH3 is 1. The maximum Gasteiger partial charge on any atom is 0.337 e. The minimum atomic E-state index is -0.407. The molecular formula is C24H26N2O5. The van der Waals surface area contributed by atoms with Crippen LogP contribution in [0.5, 0.6) is 5.75 Å². The summed E-state index contributed by atoms with van der Waals surface area (Å²) in [5, 5.41) is 2.83. The molecule has 0 spiro atoms. The van der Waals surface area contributed by atoms with E-state index in [-0.39, 0.29) is 18.3 Å². The van der Waals surface area contributed by atoms with Crippen LogP contribution in [0.25, 0.3) is 0 Å². The van der Waals surface area contributed by atoms with Crippen LogP contribution in [0.15, 0.2) is 65.1 Å². The van der Waals surface area contributed by atoms with Gasteiger partial charge in [-0.15, -0.1) is 0 Å². The number of esters is 1. The summed E-state index contributed by atoms with van der Waals surface area (Å²) in [6, 6.07) is 17.6. The van der Waals surface area contributed by atoms with Crippen LogP contribution in [0.3, 0.4) is 0 Å². The lowest BCUT2D eigenvalue weighted by molar-refractivity contribution is 0.0600. The molecule has 0 atom stereocenters. The molecule has 1 aromatic heterocycles. The molecule has 1 amide bonds. The van der Waals surface area contributed by atoms with Crippen LogP contribution in [-0.2, 0) is 11.3 Å². The van der Waals surface area contributed by atoms with E-state index in [1.807, 2.05) is 24.3 Å². The Morgan fingerprint density at radius 3 is 2.23 bits per heavy atom. The van der Waals surface area contributed by atoms with Crippen LogP contribution in [-0.4, -0.2) is 32.1 Å². The number of nitrogens with one attached hydrogen (secondary N) is 1. The third-order valence-corrected chi connectivity index (χ3v) is 4.80. The van der Waals surface area contributed by atoms with Gasteiger partial charge in [-0.3, -0.25) is 4.79 Å². The normalized spacial score (nSPS) is 10.4. The van der Waals surface area contributed by atoms with Gasteiger partial charge in [-0.1, -0.05) is 0 Å². The number of carbonyl (C=O) groups is 2. The van der Waals surface area contributed by atoms with Crippen molar-refractivity contribution in [3.8, 4) is 5.75 Å². The second-order valence-corrected chi connectivity index (χ2v) is 6.74. The molecule has 0 fully saturated rings. The van der Waals surface area contributed by atoms with Crippen LogP contribution in [0.4, 0.5) is 11.4 Å². The van der Waals surface area contributed by atoms with Crippen molar-refractivity contribution in [2.24, 2.45) is 0 Å². The standard InChI is InChI=1S/C24H26N2O5/c1-4-26(5-2)19-10-8-18(9-11-19)25-23(27)22-15-14-21(31-22)16-30-20-12-6-17(7-13-20)24(28)29-3/h6-15H,4-5,16H2,1-3H3,(H,25,27). The zero-order chi connectivity index (χ0) is 22.2. The first-order valence-electron chi connectivity index (χ1n) is 10.1. The van der Waals surface area contributed by atoms with E-state index in [0.29, 0.717) is 22.8 Å². The summed E-state index contributed by atoms with van der Waals surface area (Å²) in [4.78, 5) is 26.2. The summed E-state index contributed by atoms with van der Waals surface area (Å²) < 4.78 is 15.9. The molecule has 0 saturated heterocycles. The van der Waals surface area contributed by atoms with E-state index < -0.39 is 5.97 Å². The van der Waals surface area contributed by atoms with Crippen molar-refractivity contribution in [1.82, 2.24) is 0 Å². The summed E-state index contributed by atoms with van der Waals surface area (Å²) in [7, 11) is 1.33. The summed E-state index contributed by atoms with van der Waals surface area (Å²) in [5.41, 5.74) is 2.25. The monoisotopic (exact) mass is 422 g/mol. The van der Waals surface area contributed by atoms with Gasteiger partial charge in [0.15, 0.2) is 5.76 Å². The Balaban J connectivity index is 1.55. The number of benzene rings is 2. The highest BCUT2D eigenvalue weighted by molar-refractivity contribution is 6.02. The first-order valence-corrected chi connectivity index (χ1v) is 10.1. The fourth-order valence-corrected chi connectivity index (χ4v) is 3.07. The zero-order valence-corrected chi connectivity index (χ0v) is 17.9. The average Bonchev–Trinajstić information content (AvgIpc) is 3.29. The van der Waals surface area contributed by atoms with Gasteiger partial charge in [-0.05, 0) is 74.5 Å². The van der Waals surface area contributed by atoms with Gasteiger partial charge < -0.3 is 24.1 Å². The van der Waals surface area contributed by atoms with E-state index >= 15 is 0 Å². The summed E-state index contributed by atoms with van der Waals surface area (Å²) >= 11 is 0. The minimum Gasteiger partial charge on any atom is -0.486 e. The third kappa shape index (κ3) is 5.66. The number of ether oxygens (including phenoxy) is 2. The molecule has 0 saturated carbocycles. The first-order chi connectivity index (χ1) is 15.0. The molecule has 0 bridgehead atoms. The highest BCUT2D eigenvalue weighted by atomic mass is 16.5. The topological polar surface area (TPSA) is 81.0 Å². The van der Waals surface area contributed by atoms with Crippen molar-refractivity contribution in [1.29, 1.82) is 0 Å². The average molecular weight is 422 g/mol. The molecule has 0 aliphatic heterocycles. The lowest BCUT2D eigenvalue weighted by atomic mass is 10.2. The van der Waals surface area contributed by atoms with Crippen molar-refractivity contribution in [3.05, 3.63) is 77.7 Å². The lowest BCUT2D eigenvalue weighted by Crippen LogP contribution is -2.21. The number of furan rings is 1. The summed E-state index contributed by atoms with van der Waals surface area (Å²) in [6.07, 6.45) is 0. The van der Waals surface area contributed by atoms with E-state index in [4.69, 9.17) is 9.15 Å². The largest absolute Gasteiger partial charge is 0.486 e. The van der Waals surface area contributed by atoms with Crippen molar-refractivity contribution < 1.29 is 23.5 Å². The van der Waals surface area contributed by atoms with Gasteiger partial charge in [0.05, 0.1) is 12.7 Å². The second-order valence-electron chi connectivity index (χ2n) is 6.74. The van der Waals surface area contributed by atoms with Gasteiger partial charge >= 0.3 is 5.97 Å². The molecule has 31 heavy (non-hydrogen) atoms. The molecule has 162 valence electrons.